The first kappa shape index (κ1) is 16.5. The van der Waals surface area contributed by atoms with E-state index in [0.717, 1.165) is 18.4 Å². The standard InChI is InChI=1S/C18H20N2O4S/c1-12-6-7-15(14-5-3-9-19-16(12)14)25(23,24)20-10-13-4-2-8-18(13,11-20)17(21)22/h3,5-7,9,13H,2,4,8,10-11H2,1H3,(H,21,22)/t13-,18+/m0/s1. The second-order valence-electron chi connectivity index (χ2n) is 7.13. The van der Waals surface area contributed by atoms with Gasteiger partial charge in [0.1, 0.15) is 0 Å². The largest absolute Gasteiger partial charge is 0.481 e. The number of nitrogens with zero attached hydrogens (tertiary/aromatic N) is 2. The van der Waals surface area contributed by atoms with Gasteiger partial charge < -0.3 is 5.11 Å². The van der Waals surface area contributed by atoms with Gasteiger partial charge in [-0.1, -0.05) is 12.5 Å². The van der Waals surface area contributed by atoms with Gasteiger partial charge in [-0.15, -0.1) is 0 Å². The lowest BCUT2D eigenvalue weighted by Crippen LogP contribution is -2.37. The van der Waals surface area contributed by atoms with Crippen LogP contribution in [0.25, 0.3) is 10.9 Å². The number of pyridine rings is 1. The Balaban J connectivity index is 1.80. The first-order valence-electron chi connectivity index (χ1n) is 8.44. The molecule has 0 unspecified atom stereocenters. The smallest absolute Gasteiger partial charge is 0.311 e. The van der Waals surface area contributed by atoms with Crippen LogP contribution in [0.1, 0.15) is 24.8 Å². The highest BCUT2D eigenvalue weighted by Gasteiger charge is 2.57. The Bertz CT molecular complexity index is 972. The Morgan fingerprint density at radius 3 is 2.88 bits per heavy atom. The van der Waals surface area contributed by atoms with Gasteiger partial charge in [0.05, 0.1) is 15.8 Å². The third-order valence-corrected chi connectivity index (χ3v) is 7.68. The van der Waals surface area contributed by atoms with Crippen molar-refractivity contribution in [3.63, 3.8) is 0 Å². The summed E-state index contributed by atoms with van der Waals surface area (Å²) in [5, 5.41) is 10.3. The van der Waals surface area contributed by atoms with Gasteiger partial charge in [-0.05, 0) is 49.4 Å². The maximum Gasteiger partial charge on any atom is 0.311 e. The summed E-state index contributed by atoms with van der Waals surface area (Å²) in [7, 11) is -3.77. The van der Waals surface area contributed by atoms with E-state index in [1.807, 2.05) is 6.92 Å². The minimum atomic E-state index is -3.77. The molecule has 0 bridgehead atoms. The molecule has 2 atom stereocenters. The predicted octanol–water partition coefficient (Wildman–Crippen LogP) is 2.42. The number of hydrogen-bond acceptors (Lipinski definition) is 4. The molecular formula is C18H20N2O4S. The fourth-order valence-electron chi connectivity index (χ4n) is 4.43. The highest BCUT2D eigenvalue weighted by Crippen LogP contribution is 2.50. The third kappa shape index (κ3) is 2.29. The molecule has 2 heterocycles. The number of carboxylic acids is 1. The molecule has 1 aromatic carbocycles. The zero-order chi connectivity index (χ0) is 17.8. The second kappa shape index (κ2) is 5.51. The van der Waals surface area contributed by atoms with Gasteiger partial charge in [0, 0.05) is 24.7 Å². The van der Waals surface area contributed by atoms with E-state index in [4.69, 9.17) is 0 Å². The normalized spacial score (nSPS) is 26.8. The van der Waals surface area contributed by atoms with Gasteiger partial charge in [-0.2, -0.15) is 4.31 Å². The molecule has 0 amide bonds. The van der Waals surface area contributed by atoms with Crippen molar-refractivity contribution in [2.45, 2.75) is 31.1 Å². The van der Waals surface area contributed by atoms with Crippen molar-refractivity contribution in [3.8, 4) is 0 Å². The average Bonchev–Trinajstić information content (AvgIpc) is 3.14. The Hall–Kier alpha value is -1.99. The SMILES string of the molecule is Cc1ccc(S(=O)(=O)N2C[C@@H]3CCC[C@@]3(C(=O)O)C2)c2cccnc12. The number of fused-ring (bicyclic) bond motifs is 2. The molecule has 7 heteroatoms. The van der Waals surface area contributed by atoms with Crippen LogP contribution in [0.5, 0.6) is 0 Å². The van der Waals surface area contributed by atoms with Crippen molar-refractivity contribution in [2.24, 2.45) is 11.3 Å². The van der Waals surface area contributed by atoms with Crippen molar-refractivity contribution >= 4 is 26.9 Å². The summed E-state index contributed by atoms with van der Waals surface area (Å²) in [5.41, 5.74) is 0.650. The zero-order valence-electron chi connectivity index (χ0n) is 14.0. The number of benzene rings is 1. The lowest BCUT2D eigenvalue weighted by molar-refractivity contribution is -0.149. The van der Waals surface area contributed by atoms with E-state index in [1.165, 1.54) is 4.31 Å². The first-order chi connectivity index (χ1) is 11.9. The van der Waals surface area contributed by atoms with Crippen LogP contribution in [0.4, 0.5) is 0 Å². The van der Waals surface area contributed by atoms with Gasteiger partial charge in [0.15, 0.2) is 0 Å². The zero-order valence-corrected chi connectivity index (χ0v) is 14.8. The molecular weight excluding hydrogens is 340 g/mol. The number of aromatic nitrogens is 1. The molecule has 1 aromatic heterocycles. The summed E-state index contributed by atoms with van der Waals surface area (Å²) < 4.78 is 27.9. The molecule has 1 N–H and O–H groups in total. The lowest BCUT2D eigenvalue weighted by Gasteiger charge is -2.23. The quantitative estimate of drug-likeness (QED) is 0.908. The number of carboxylic acid groups (broad SMARTS) is 1. The van der Waals surface area contributed by atoms with Gasteiger partial charge >= 0.3 is 5.97 Å². The van der Waals surface area contributed by atoms with Crippen LogP contribution in [0.3, 0.4) is 0 Å². The molecule has 25 heavy (non-hydrogen) atoms. The summed E-state index contributed by atoms with van der Waals surface area (Å²) in [6.07, 6.45) is 3.82. The predicted molar refractivity (Wildman–Crippen MR) is 92.6 cm³/mol. The number of hydrogen-bond donors (Lipinski definition) is 1. The fraction of sp³-hybridized carbons (Fsp3) is 0.444. The van der Waals surface area contributed by atoms with Gasteiger partial charge in [-0.3, -0.25) is 9.78 Å². The van der Waals surface area contributed by atoms with E-state index >= 15 is 0 Å². The summed E-state index contributed by atoms with van der Waals surface area (Å²) in [6, 6.07) is 6.84. The molecule has 132 valence electrons. The van der Waals surface area contributed by atoms with Gasteiger partial charge in [0.25, 0.3) is 0 Å². The highest BCUT2D eigenvalue weighted by molar-refractivity contribution is 7.89. The van der Waals surface area contributed by atoms with Crippen molar-refractivity contribution in [1.29, 1.82) is 0 Å². The maximum atomic E-state index is 13.3. The summed E-state index contributed by atoms with van der Waals surface area (Å²) in [6.45, 7) is 2.24. The van der Waals surface area contributed by atoms with E-state index in [-0.39, 0.29) is 23.9 Å². The van der Waals surface area contributed by atoms with E-state index in [9.17, 15) is 18.3 Å². The molecule has 6 nitrogen and oxygen atoms in total. The number of aliphatic carboxylic acids is 1. The Morgan fingerprint density at radius 1 is 1.36 bits per heavy atom. The Labute approximate surface area is 146 Å². The molecule has 1 aliphatic heterocycles. The fourth-order valence-corrected chi connectivity index (χ4v) is 6.16. The molecule has 0 spiro atoms. The summed E-state index contributed by atoms with van der Waals surface area (Å²) >= 11 is 0. The van der Waals surface area contributed by atoms with Crippen LogP contribution in [-0.2, 0) is 14.8 Å². The highest BCUT2D eigenvalue weighted by atomic mass is 32.2. The van der Waals surface area contributed by atoms with E-state index in [1.54, 1.807) is 30.5 Å². The minimum Gasteiger partial charge on any atom is -0.481 e. The maximum absolute atomic E-state index is 13.3. The monoisotopic (exact) mass is 360 g/mol. The number of carbonyl (C=O) groups is 1. The summed E-state index contributed by atoms with van der Waals surface area (Å²) in [4.78, 5) is 16.4. The number of sulfonamides is 1. The van der Waals surface area contributed by atoms with Gasteiger partial charge in [-0.25, -0.2) is 8.42 Å². The first-order valence-corrected chi connectivity index (χ1v) is 9.88. The van der Waals surface area contributed by atoms with E-state index in [2.05, 4.69) is 4.98 Å². The van der Waals surface area contributed by atoms with Crippen molar-refractivity contribution in [2.75, 3.05) is 13.1 Å². The van der Waals surface area contributed by atoms with Crippen LogP contribution in [-0.4, -0.2) is 41.9 Å². The van der Waals surface area contributed by atoms with Crippen molar-refractivity contribution in [1.82, 2.24) is 9.29 Å². The molecule has 2 aliphatic rings. The molecule has 0 radical (unpaired) electrons. The molecule has 1 saturated carbocycles. The van der Waals surface area contributed by atoms with Gasteiger partial charge in [0.2, 0.25) is 10.0 Å². The molecule has 4 rings (SSSR count). The Kier molecular flexibility index (Phi) is 3.63. The molecule has 2 aromatic rings. The molecule has 1 aliphatic carbocycles. The van der Waals surface area contributed by atoms with Crippen LogP contribution in [0, 0.1) is 18.3 Å². The van der Waals surface area contributed by atoms with Crippen LogP contribution in [0.2, 0.25) is 0 Å². The van der Waals surface area contributed by atoms with E-state index < -0.39 is 21.4 Å². The van der Waals surface area contributed by atoms with Crippen molar-refractivity contribution < 1.29 is 18.3 Å². The summed E-state index contributed by atoms with van der Waals surface area (Å²) in [5.74, 6) is -0.974. The van der Waals surface area contributed by atoms with Crippen molar-refractivity contribution in [3.05, 3.63) is 36.0 Å². The molecule has 1 saturated heterocycles. The second-order valence-corrected chi connectivity index (χ2v) is 9.03. The topological polar surface area (TPSA) is 87.6 Å². The van der Waals surface area contributed by atoms with E-state index in [0.29, 0.717) is 17.3 Å². The molecule has 2 fully saturated rings. The third-order valence-electron chi connectivity index (χ3n) is 5.81. The average molecular weight is 360 g/mol. The van der Waals surface area contributed by atoms with Crippen LogP contribution < -0.4 is 0 Å². The Morgan fingerprint density at radius 2 is 2.16 bits per heavy atom. The van der Waals surface area contributed by atoms with Crippen LogP contribution >= 0.6 is 0 Å². The lowest BCUT2D eigenvalue weighted by atomic mass is 9.81. The van der Waals surface area contributed by atoms with Crippen LogP contribution in [0.15, 0.2) is 35.4 Å². The number of aryl methyl sites for hydroxylation is 1. The number of rotatable bonds is 3. The minimum absolute atomic E-state index is 0.0605.